The number of halogens is 1. The van der Waals surface area contributed by atoms with Gasteiger partial charge >= 0.3 is 0 Å². The van der Waals surface area contributed by atoms with Gasteiger partial charge in [0.05, 0.1) is 5.60 Å². The fourth-order valence-corrected chi connectivity index (χ4v) is 4.18. The molecule has 142 valence electrons. The number of hydrogen-bond acceptors (Lipinski definition) is 2. The molecule has 0 saturated carbocycles. The van der Waals surface area contributed by atoms with Crippen molar-refractivity contribution >= 4 is 12.4 Å². The first-order chi connectivity index (χ1) is 12.1. The lowest BCUT2D eigenvalue weighted by Crippen LogP contribution is -2.40. The maximum absolute atomic E-state index is 11.9. The van der Waals surface area contributed by atoms with Crippen molar-refractivity contribution in [2.24, 2.45) is 0 Å². The first-order valence-corrected chi connectivity index (χ1v) is 9.70. The van der Waals surface area contributed by atoms with E-state index >= 15 is 0 Å². The minimum Gasteiger partial charge on any atom is -0.384 e. The molecule has 0 amide bonds. The molecule has 1 N–H and O–H groups in total. The van der Waals surface area contributed by atoms with Crippen molar-refractivity contribution in [3.8, 4) is 0 Å². The topological polar surface area (TPSA) is 23.5 Å². The molecule has 0 bridgehead atoms. The van der Waals surface area contributed by atoms with E-state index in [1.54, 1.807) is 0 Å². The normalized spacial score (nSPS) is 18.1. The van der Waals surface area contributed by atoms with Crippen LogP contribution in [0.1, 0.15) is 55.2 Å². The van der Waals surface area contributed by atoms with Gasteiger partial charge in [-0.3, -0.25) is 0 Å². The smallest absolute Gasteiger partial charge is 0.0976 e. The molecule has 0 aliphatic carbocycles. The van der Waals surface area contributed by atoms with Crippen LogP contribution in [0, 0.1) is 6.92 Å². The van der Waals surface area contributed by atoms with E-state index in [1.165, 1.54) is 24.0 Å². The quantitative estimate of drug-likeness (QED) is 0.713. The van der Waals surface area contributed by atoms with Crippen molar-refractivity contribution in [1.29, 1.82) is 0 Å². The first-order valence-electron chi connectivity index (χ1n) is 9.70. The molecule has 3 rings (SSSR count). The molecule has 1 heterocycles. The standard InChI is InChI=1S/C23H31NO.ClH/c1-3-15-23(25,21-13-11-19(2)12-14-21)22(18-24-16-7-8-17-24)20-9-5-4-6-10-20;/h4-6,9-14,22,25H,3,7-8,15-18H2,1-2H3;1H. The Bertz CT molecular complexity index is 652. The lowest BCUT2D eigenvalue weighted by molar-refractivity contribution is -0.0117. The zero-order valence-corrected chi connectivity index (χ0v) is 16.8. The molecule has 26 heavy (non-hydrogen) atoms. The third-order valence-electron chi connectivity index (χ3n) is 5.60. The molecule has 0 spiro atoms. The summed E-state index contributed by atoms with van der Waals surface area (Å²) in [5.41, 5.74) is 2.70. The first kappa shape index (κ1) is 21.0. The molecular weight excluding hydrogens is 342 g/mol. The Morgan fingerprint density at radius 1 is 1.00 bits per heavy atom. The summed E-state index contributed by atoms with van der Waals surface area (Å²) in [5.74, 6) is 0.0921. The van der Waals surface area contributed by atoms with Crippen LogP contribution in [0.2, 0.25) is 0 Å². The van der Waals surface area contributed by atoms with Crippen LogP contribution in [-0.4, -0.2) is 29.6 Å². The summed E-state index contributed by atoms with van der Waals surface area (Å²) in [6.07, 6.45) is 4.30. The lowest BCUT2D eigenvalue weighted by atomic mass is 9.74. The number of likely N-dealkylation sites (tertiary alicyclic amines) is 1. The molecule has 2 unspecified atom stereocenters. The predicted octanol–water partition coefficient (Wildman–Crippen LogP) is 5.28. The zero-order valence-electron chi connectivity index (χ0n) is 16.0. The van der Waals surface area contributed by atoms with E-state index in [9.17, 15) is 5.11 Å². The van der Waals surface area contributed by atoms with E-state index in [0.29, 0.717) is 0 Å². The number of aryl methyl sites for hydroxylation is 1. The molecule has 3 heteroatoms. The Balaban J connectivity index is 0.00000243. The van der Waals surface area contributed by atoms with E-state index in [2.05, 4.69) is 73.3 Å². The molecule has 1 fully saturated rings. The van der Waals surface area contributed by atoms with Crippen molar-refractivity contribution in [2.75, 3.05) is 19.6 Å². The van der Waals surface area contributed by atoms with Gasteiger partial charge in [0.1, 0.15) is 0 Å². The Morgan fingerprint density at radius 3 is 2.19 bits per heavy atom. The highest BCUT2D eigenvalue weighted by molar-refractivity contribution is 5.85. The average molecular weight is 374 g/mol. The summed E-state index contributed by atoms with van der Waals surface area (Å²) in [7, 11) is 0. The molecule has 2 nitrogen and oxygen atoms in total. The molecule has 1 saturated heterocycles. The van der Waals surface area contributed by atoms with Crippen molar-refractivity contribution in [3.63, 3.8) is 0 Å². The van der Waals surface area contributed by atoms with E-state index in [-0.39, 0.29) is 18.3 Å². The van der Waals surface area contributed by atoms with E-state index < -0.39 is 5.60 Å². The van der Waals surface area contributed by atoms with Gasteiger partial charge in [-0.05, 0) is 50.4 Å². The Morgan fingerprint density at radius 2 is 1.62 bits per heavy atom. The van der Waals surface area contributed by atoms with Crippen LogP contribution in [-0.2, 0) is 5.60 Å². The van der Waals surface area contributed by atoms with Gasteiger partial charge in [0, 0.05) is 12.5 Å². The molecule has 1 aliphatic heterocycles. The van der Waals surface area contributed by atoms with Crippen molar-refractivity contribution in [3.05, 3.63) is 71.3 Å². The molecule has 0 aromatic heterocycles. The lowest BCUT2D eigenvalue weighted by Gasteiger charge is -2.39. The number of nitrogens with zero attached hydrogens (tertiary/aromatic N) is 1. The molecule has 2 aromatic carbocycles. The van der Waals surface area contributed by atoms with Crippen LogP contribution in [0.3, 0.4) is 0 Å². The maximum Gasteiger partial charge on any atom is 0.0976 e. The minimum absolute atomic E-state index is 0. The summed E-state index contributed by atoms with van der Waals surface area (Å²) < 4.78 is 0. The second-order valence-corrected chi connectivity index (χ2v) is 7.51. The predicted molar refractivity (Wildman–Crippen MR) is 112 cm³/mol. The fraction of sp³-hybridized carbons (Fsp3) is 0.478. The Kier molecular flexibility index (Phi) is 7.69. The summed E-state index contributed by atoms with van der Waals surface area (Å²) >= 11 is 0. The number of hydrogen-bond donors (Lipinski definition) is 1. The Labute approximate surface area is 164 Å². The van der Waals surface area contributed by atoms with E-state index in [4.69, 9.17) is 0 Å². The van der Waals surface area contributed by atoms with Gasteiger partial charge in [-0.2, -0.15) is 0 Å². The van der Waals surface area contributed by atoms with Gasteiger partial charge in [0.2, 0.25) is 0 Å². The third kappa shape index (κ3) is 4.68. The molecule has 1 aliphatic rings. The van der Waals surface area contributed by atoms with Gasteiger partial charge in [0.15, 0.2) is 0 Å². The van der Waals surface area contributed by atoms with Crippen molar-refractivity contribution in [1.82, 2.24) is 4.90 Å². The number of aliphatic hydroxyl groups is 1. The third-order valence-corrected chi connectivity index (χ3v) is 5.60. The van der Waals surface area contributed by atoms with Crippen LogP contribution in [0.15, 0.2) is 54.6 Å². The second kappa shape index (κ2) is 9.55. The van der Waals surface area contributed by atoms with Crippen LogP contribution in [0.25, 0.3) is 0 Å². The summed E-state index contributed by atoms with van der Waals surface area (Å²) in [6, 6.07) is 19.1. The highest BCUT2D eigenvalue weighted by atomic mass is 35.5. The summed E-state index contributed by atoms with van der Waals surface area (Å²) in [5, 5.41) is 11.9. The van der Waals surface area contributed by atoms with E-state index in [0.717, 1.165) is 38.0 Å². The van der Waals surface area contributed by atoms with Gasteiger partial charge < -0.3 is 10.0 Å². The zero-order chi connectivity index (χ0) is 17.7. The number of benzene rings is 2. The summed E-state index contributed by atoms with van der Waals surface area (Å²) in [4.78, 5) is 2.52. The van der Waals surface area contributed by atoms with Crippen LogP contribution < -0.4 is 0 Å². The van der Waals surface area contributed by atoms with E-state index in [1.807, 2.05) is 0 Å². The Hall–Kier alpha value is -1.35. The molecule has 2 aromatic rings. The maximum atomic E-state index is 11.9. The van der Waals surface area contributed by atoms with Gasteiger partial charge in [0.25, 0.3) is 0 Å². The second-order valence-electron chi connectivity index (χ2n) is 7.51. The largest absolute Gasteiger partial charge is 0.384 e. The highest BCUT2D eigenvalue weighted by Crippen LogP contribution is 2.41. The van der Waals surface area contributed by atoms with Crippen LogP contribution in [0.5, 0.6) is 0 Å². The molecular formula is C23H32ClNO. The molecule has 2 atom stereocenters. The van der Waals surface area contributed by atoms with Crippen LogP contribution >= 0.6 is 12.4 Å². The van der Waals surface area contributed by atoms with Crippen molar-refractivity contribution < 1.29 is 5.11 Å². The van der Waals surface area contributed by atoms with Gasteiger partial charge in [-0.15, -0.1) is 12.4 Å². The average Bonchev–Trinajstić information content (AvgIpc) is 3.14. The fourth-order valence-electron chi connectivity index (χ4n) is 4.18. The van der Waals surface area contributed by atoms with Crippen molar-refractivity contribution in [2.45, 2.75) is 51.0 Å². The van der Waals surface area contributed by atoms with Gasteiger partial charge in [-0.25, -0.2) is 0 Å². The van der Waals surface area contributed by atoms with Gasteiger partial charge in [-0.1, -0.05) is 73.5 Å². The monoisotopic (exact) mass is 373 g/mol. The summed E-state index contributed by atoms with van der Waals surface area (Å²) in [6.45, 7) is 7.49. The highest BCUT2D eigenvalue weighted by Gasteiger charge is 2.39. The number of rotatable bonds is 7. The minimum atomic E-state index is -0.827. The van der Waals surface area contributed by atoms with Crippen LogP contribution in [0.4, 0.5) is 0 Å². The molecule has 0 radical (unpaired) electrons. The SMILES string of the molecule is CCCC(O)(c1ccc(C)cc1)C(CN1CCCC1)c1ccccc1.Cl.